The Labute approximate surface area is 155 Å². The van der Waals surface area contributed by atoms with Crippen molar-refractivity contribution in [2.45, 2.75) is 6.92 Å². The van der Waals surface area contributed by atoms with Crippen LogP contribution in [-0.2, 0) is 10.0 Å². The first-order valence-electron chi connectivity index (χ1n) is 8.59. The minimum Gasteiger partial charge on any atom is -0.369 e. The fourth-order valence-corrected chi connectivity index (χ4v) is 3.89. The van der Waals surface area contributed by atoms with E-state index >= 15 is 0 Å². The van der Waals surface area contributed by atoms with Crippen LogP contribution in [0.4, 0.5) is 5.69 Å². The lowest BCUT2D eigenvalue weighted by Gasteiger charge is -2.34. The Morgan fingerprint density at radius 1 is 0.923 bits per heavy atom. The number of benzene rings is 2. The average molecular weight is 366 g/mol. The van der Waals surface area contributed by atoms with Gasteiger partial charge in [-0.2, -0.15) is 4.31 Å². The second-order valence-electron chi connectivity index (χ2n) is 6.20. The van der Waals surface area contributed by atoms with E-state index in [4.69, 9.17) is 0 Å². The maximum Gasteiger partial charge on any atom is 0.236 e. The third-order valence-electron chi connectivity index (χ3n) is 4.31. The Morgan fingerprint density at radius 2 is 1.58 bits per heavy atom. The van der Waals surface area contributed by atoms with Gasteiger partial charge in [0, 0.05) is 43.5 Å². The molecule has 134 valence electrons. The number of anilines is 1. The lowest BCUT2D eigenvalue weighted by Crippen LogP contribution is -2.48. The van der Waals surface area contributed by atoms with Crippen molar-refractivity contribution in [3.63, 3.8) is 0 Å². The van der Waals surface area contributed by atoms with Crippen LogP contribution in [0.1, 0.15) is 11.1 Å². The Kier molecular flexibility index (Phi) is 5.77. The van der Waals surface area contributed by atoms with Crippen LogP contribution in [0.5, 0.6) is 0 Å². The highest BCUT2D eigenvalue weighted by Crippen LogP contribution is 2.18. The average Bonchev–Trinajstić information content (AvgIpc) is 2.67. The maximum absolute atomic E-state index is 12.4. The molecule has 1 heterocycles. The van der Waals surface area contributed by atoms with Crippen LogP contribution in [0.3, 0.4) is 0 Å². The molecule has 0 radical (unpaired) electrons. The molecule has 1 aliphatic rings. The number of rotatable bonds is 3. The van der Waals surface area contributed by atoms with Crippen LogP contribution < -0.4 is 4.90 Å². The topological polar surface area (TPSA) is 40.6 Å². The zero-order valence-electron chi connectivity index (χ0n) is 14.8. The number of sulfonamides is 1. The summed E-state index contributed by atoms with van der Waals surface area (Å²) in [6.07, 6.45) is 1.41. The molecule has 0 atom stereocenters. The quantitative estimate of drug-likeness (QED) is 0.784. The summed E-state index contributed by atoms with van der Waals surface area (Å²) < 4.78 is 26.4. The van der Waals surface area contributed by atoms with Crippen LogP contribution in [0.2, 0.25) is 0 Å². The third kappa shape index (κ3) is 4.75. The molecule has 0 N–H and O–H groups in total. The molecule has 2 aromatic rings. The summed E-state index contributed by atoms with van der Waals surface area (Å²) in [5.74, 6) is 5.72. The van der Waals surface area contributed by atoms with E-state index in [1.54, 1.807) is 0 Å². The van der Waals surface area contributed by atoms with Gasteiger partial charge in [0.2, 0.25) is 10.0 Å². The van der Waals surface area contributed by atoms with Crippen molar-refractivity contribution >= 4 is 15.7 Å². The molecular weight excluding hydrogens is 344 g/mol. The highest BCUT2D eigenvalue weighted by atomic mass is 32.2. The summed E-state index contributed by atoms with van der Waals surface area (Å²) in [4.78, 5) is 2.21. The minimum absolute atomic E-state index is 0.479. The number of hydrogen-bond acceptors (Lipinski definition) is 3. The molecule has 2 aromatic carbocycles. The Hall–Kier alpha value is -2.55. The van der Waals surface area contributed by atoms with Crippen LogP contribution >= 0.6 is 0 Å². The second-order valence-corrected chi connectivity index (χ2v) is 8.02. The van der Waals surface area contributed by atoms with E-state index in [-0.39, 0.29) is 0 Å². The predicted molar refractivity (Wildman–Crippen MR) is 106 cm³/mol. The summed E-state index contributed by atoms with van der Waals surface area (Å²) >= 11 is 0. The molecule has 1 saturated heterocycles. The Bertz CT molecular complexity index is 915. The molecule has 1 aliphatic heterocycles. The zero-order chi connectivity index (χ0) is 18.4. The molecule has 0 amide bonds. The zero-order valence-corrected chi connectivity index (χ0v) is 15.6. The number of hydrogen-bond donors (Lipinski definition) is 0. The van der Waals surface area contributed by atoms with Gasteiger partial charge in [-0.15, -0.1) is 0 Å². The monoisotopic (exact) mass is 366 g/mol. The van der Waals surface area contributed by atoms with E-state index < -0.39 is 10.0 Å². The van der Waals surface area contributed by atoms with Crippen molar-refractivity contribution < 1.29 is 8.42 Å². The highest BCUT2D eigenvalue weighted by molar-refractivity contribution is 7.92. The first-order chi connectivity index (χ1) is 12.5. The summed E-state index contributed by atoms with van der Waals surface area (Å²) in [6.45, 7) is 4.39. The molecule has 0 bridgehead atoms. The van der Waals surface area contributed by atoms with Crippen LogP contribution in [-0.4, -0.2) is 38.9 Å². The van der Waals surface area contributed by atoms with E-state index in [9.17, 15) is 8.42 Å². The molecule has 26 heavy (non-hydrogen) atoms. The first kappa shape index (κ1) is 18.2. The fourth-order valence-electron chi connectivity index (χ4n) is 2.81. The fraction of sp³-hybridized carbons (Fsp3) is 0.238. The molecule has 0 aliphatic carbocycles. The third-order valence-corrected chi connectivity index (χ3v) is 5.88. The summed E-state index contributed by atoms with van der Waals surface area (Å²) in [5, 5.41) is 1.20. The van der Waals surface area contributed by atoms with Gasteiger partial charge in [-0.3, -0.25) is 0 Å². The molecule has 0 spiro atoms. The predicted octanol–water partition coefficient (Wildman–Crippen LogP) is 3.01. The van der Waals surface area contributed by atoms with E-state index in [1.807, 2.05) is 30.3 Å². The van der Waals surface area contributed by atoms with Crippen LogP contribution in [0.15, 0.2) is 66.1 Å². The van der Waals surface area contributed by atoms with Gasteiger partial charge in [0.05, 0.1) is 5.41 Å². The summed E-state index contributed by atoms with van der Waals surface area (Å²) in [5.41, 5.74) is 3.22. The lowest BCUT2D eigenvalue weighted by atomic mass is 10.2. The van der Waals surface area contributed by atoms with Crippen molar-refractivity contribution in [3.8, 4) is 11.8 Å². The van der Waals surface area contributed by atoms with Gasteiger partial charge < -0.3 is 4.90 Å². The van der Waals surface area contributed by atoms with Gasteiger partial charge in [-0.05, 0) is 31.2 Å². The molecule has 4 nitrogen and oxygen atoms in total. The van der Waals surface area contributed by atoms with E-state index in [1.165, 1.54) is 21.4 Å². The number of allylic oxidation sites excluding steroid dienone is 1. The number of piperazine rings is 1. The van der Waals surface area contributed by atoms with Gasteiger partial charge in [0.1, 0.15) is 0 Å². The Morgan fingerprint density at radius 3 is 2.23 bits per heavy atom. The molecular formula is C21H22N2O2S. The molecule has 3 rings (SSSR count). The molecule has 0 saturated carbocycles. The largest absolute Gasteiger partial charge is 0.369 e. The highest BCUT2D eigenvalue weighted by Gasteiger charge is 2.24. The van der Waals surface area contributed by atoms with E-state index in [2.05, 4.69) is 47.9 Å². The minimum atomic E-state index is -3.43. The lowest BCUT2D eigenvalue weighted by molar-refractivity contribution is 0.390. The first-order valence-corrected chi connectivity index (χ1v) is 10.1. The summed E-state index contributed by atoms with van der Waals surface area (Å²) in [7, 11) is -3.43. The van der Waals surface area contributed by atoms with E-state index in [0.29, 0.717) is 26.2 Å². The smallest absolute Gasteiger partial charge is 0.236 e. The van der Waals surface area contributed by atoms with Crippen molar-refractivity contribution in [2.75, 3.05) is 31.1 Å². The van der Waals surface area contributed by atoms with Crippen molar-refractivity contribution in [1.29, 1.82) is 0 Å². The SMILES string of the molecule is Cc1ccc(N2CCN(S(=O)(=O)C=CC#Cc3ccccc3)CC2)cc1. The second kappa shape index (κ2) is 8.22. The van der Waals surface area contributed by atoms with Gasteiger partial charge in [-0.1, -0.05) is 47.7 Å². The van der Waals surface area contributed by atoms with Gasteiger partial charge in [0.15, 0.2) is 0 Å². The maximum atomic E-state index is 12.4. The van der Waals surface area contributed by atoms with Crippen molar-refractivity contribution in [2.24, 2.45) is 0 Å². The van der Waals surface area contributed by atoms with E-state index in [0.717, 1.165) is 11.3 Å². The van der Waals surface area contributed by atoms with Gasteiger partial charge in [-0.25, -0.2) is 8.42 Å². The van der Waals surface area contributed by atoms with Crippen molar-refractivity contribution in [1.82, 2.24) is 4.31 Å². The molecule has 1 fully saturated rings. The summed E-state index contributed by atoms with van der Waals surface area (Å²) in [6, 6.07) is 17.8. The normalized spacial score (nSPS) is 15.7. The van der Waals surface area contributed by atoms with Crippen LogP contribution in [0.25, 0.3) is 0 Å². The van der Waals surface area contributed by atoms with Crippen LogP contribution in [0, 0.1) is 18.8 Å². The number of aryl methyl sites for hydroxylation is 1. The molecule has 0 unspecified atom stereocenters. The van der Waals surface area contributed by atoms with Gasteiger partial charge >= 0.3 is 0 Å². The van der Waals surface area contributed by atoms with Gasteiger partial charge in [0.25, 0.3) is 0 Å². The standard InChI is InChI=1S/C21H22N2O2S/c1-19-10-12-21(13-11-19)22-14-16-23(17-15-22)26(24,25)18-6-5-9-20-7-3-2-4-8-20/h2-4,6-8,10-13,18H,14-17H2,1H3. The molecule has 5 heteroatoms. The van der Waals surface area contributed by atoms with Crippen molar-refractivity contribution in [3.05, 3.63) is 77.2 Å². The number of nitrogens with zero attached hydrogens (tertiary/aromatic N) is 2. The molecule has 0 aromatic heterocycles. The Balaban J connectivity index is 1.58.